The summed E-state index contributed by atoms with van der Waals surface area (Å²) in [5, 5.41) is 0. The van der Waals surface area contributed by atoms with Gasteiger partial charge in [0.2, 0.25) is 0 Å². The molecule has 0 aliphatic rings. The number of hydrogen-bond donors (Lipinski definition) is 0. The number of rotatable bonds is 4. The van der Waals surface area contributed by atoms with Gasteiger partial charge in [0, 0.05) is 5.41 Å². The quantitative estimate of drug-likeness (QED) is 0.786. The highest BCUT2D eigenvalue weighted by molar-refractivity contribution is 5.80. The van der Waals surface area contributed by atoms with Crippen molar-refractivity contribution in [1.29, 1.82) is 0 Å². The van der Waals surface area contributed by atoms with E-state index in [2.05, 4.69) is 26.0 Å². The van der Waals surface area contributed by atoms with Crippen LogP contribution >= 0.6 is 0 Å². The summed E-state index contributed by atoms with van der Waals surface area (Å²) in [6.45, 7) is 4.16. The number of carbonyl (C=O) groups excluding carboxylic acids is 1. The average Bonchev–Trinajstić information content (AvgIpc) is 2.49. The van der Waals surface area contributed by atoms with Crippen molar-refractivity contribution in [2.45, 2.75) is 25.2 Å². The average molecular weight is 268 g/mol. The molecule has 104 valence electrons. The van der Waals surface area contributed by atoms with Gasteiger partial charge in [-0.15, -0.1) is 0 Å². The van der Waals surface area contributed by atoms with Crippen LogP contribution < -0.4 is 0 Å². The smallest absolute Gasteiger partial charge is 0.314 e. The van der Waals surface area contributed by atoms with Crippen LogP contribution in [0.5, 0.6) is 0 Å². The molecule has 0 heterocycles. The summed E-state index contributed by atoms with van der Waals surface area (Å²) in [6, 6.07) is 19.9. The Kier molecular flexibility index (Phi) is 4.23. The highest BCUT2D eigenvalue weighted by Crippen LogP contribution is 2.39. The van der Waals surface area contributed by atoms with E-state index < -0.39 is 0 Å². The van der Waals surface area contributed by atoms with Crippen LogP contribution in [0, 0.1) is 0 Å². The summed E-state index contributed by atoms with van der Waals surface area (Å²) >= 11 is 0. The van der Waals surface area contributed by atoms with Crippen LogP contribution in [0.25, 0.3) is 0 Å². The normalized spacial score (nSPS) is 12.8. The van der Waals surface area contributed by atoms with Gasteiger partial charge in [-0.05, 0) is 11.1 Å². The lowest BCUT2D eigenvalue weighted by atomic mass is 9.70. The molecule has 0 saturated carbocycles. The van der Waals surface area contributed by atoms with Crippen LogP contribution in [0.3, 0.4) is 0 Å². The van der Waals surface area contributed by atoms with Crippen molar-refractivity contribution in [2.75, 3.05) is 7.11 Å². The van der Waals surface area contributed by atoms with Crippen molar-refractivity contribution in [2.24, 2.45) is 0 Å². The van der Waals surface area contributed by atoms with Crippen LogP contribution in [0.2, 0.25) is 0 Å². The summed E-state index contributed by atoms with van der Waals surface area (Å²) in [4.78, 5) is 12.3. The molecule has 1 atom stereocenters. The summed E-state index contributed by atoms with van der Waals surface area (Å²) in [6.07, 6.45) is 0. The van der Waals surface area contributed by atoms with Crippen molar-refractivity contribution in [3.05, 3.63) is 71.8 Å². The van der Waals surface area contributed by atoms with Crippen LogP contribution in [-0.4, -0.2) is 13.1 Å². The van der Waals surface area contributed by atoms with E-state index in [1.807, 2.05) is 48.5 Å². The molecule has 0 spiro atoms. The number of hydrogen-bond acceptors (Lipinski definition) is 2. The van der Waals surface area contributed by atoms with Gasteiger partial charge in [0.15, 0.2) is 0 Å². The second-order valence-electron chi connectivity index (χ2n) is 5.45. The molecule has 0 aliphatic heterocycles. The molecule has 0 radical (unpaired) electrons. The molecule has 0 unspecified atom stereocenters. The fraction of sp³-hybridized carbons (Fsp3) is 0.278. The third-order valence-electron chi connectivity index (χ3n) is 3.81. The second kappa shape index (κ2) is 5.91. The maximum absolute atomic E-state index is 12.3. The Morgan fingerprint density at radius 2 is 1.45 bits per heavy atom. The van der Waals surface area contributed by atoms with Gasteiger partial charge in [-0.2, -0.15) is 0 Å². The highest BCUT2D eigenvalue weighted by Gasteiger charge is 2.38. The Morgan fingerprint density at radius 1 is 0.950 bits per heavy atom. The third-order valence-corrected chi connectivity index (χ3v) is 3.81. The monoisotopic (exact) mass is 268 g/mol. The zero-order valence-corrected chi connectivity index (χ0v) is 12.2. The molecule has 0 N–H and O–H groups in total. The van der Waals surface area contributed by atoms with Gasteiger partial charge in [-0.1, -0.05) is 74.5 Å². The van der Waals surface area contributed by atoms with E-state index in [4.69, 9.17) is 4.74 Å². The fourth-order valence-corrected chi connectivity index (χ4v) is 2.65. The van der Waals surface area contributed by atoms with Crippen molar-refractivity contribution in [1.82, 2.24) is 0 Å². The lowest BCUT2D eigenvalue weighted by molar-refractivity contribution is -0.144. The minimum Gasteiger partial charge on any atom is -0.469 e. The standard InChI is InChI=1S/C18H20O2/c1-18(2,15-12-8-5-9-13-15)16(17(19)20-3)14-10-6-4-7-11-14/h4-13,16H,1-3H3/t16-/m1/s1. The zero-order valence-electron chi connectivity index (χ0n) is 12.2. The Balaban J connectivity index is 2.49. The SMILES string of the molecule is COC(=O)[C@@H](c1ccccc1)C(C)(C)c1ccccc1. The molecular weight excluding hydrogens is 248 g/mol. The zero-order chi connectivity index (χ0) is 14.6. The topological polar surface area (TPSA) is 26.3 Å². The van der Waals surface area contributed by atoms with Crippen LogP contribution in [-0.2, 0) is 14.9 Å². The van der Waals surface area contributed by atoms with Gasteiger partial charge in [0.1, 0.15) is 0 Å². The van der Waals surface area contributed by atoms with Gasteiger partial charge in [0.25, 0.3) is 0 Å². The van der Waals surface area contributed by atoms with E-state index in [1.165, 1.54) is 7.11 Å². The van der Waals surface area contributed by atoms with E-state index in [0.717, 1.165) is 11.1 Å². The molecule has 0 aliphatic carbocycles. The van der Waals surface area contributed by atoms with Gasteiger partial charge >= 0.3 is 5.97 Å². The largest absolute Gasteiger partial charge is 0.469 e. The third kappa shape index (κ3) is 2.74. The van der Waals surface area contributed by atoms with Crippen molar-refractivity contribution in [3.63, 3.8) is 0 Å². The van der Waals surface area contributed by atoms with E-state index in [1.54, 1.807) is 0 Å². The van der Waals surface area contributed by atoms with E-state index in [9.17, 15) is 4.79 Å². The highest BCUT2D eigenvalue weighted by atomic mass is 16.5. The molecule has 2 aromatic carbocycles. The van der Waals surface area contributed by atoms with E-state index in [-0.39, 0.29) is 17.3 Å². The van der Waals surface area contributed by atoms with Gasteiger partial charge in [-0.25, -0.2) is 0 Å². The summed E-state index contributed by atoms with van der Waals surface area (Å²) < 4.78 is 5.04. The number of methoxy groups -OCH3 is 1. The second-order valence-corrected chi connectivity index (χ2v) is 5.45. The summed E-state index contributed by atoms with van der Waals surface area (Å²) in [7, 11) is 1.44. The molecule has 2 aromatic rings. The molecule has 0 saturated heterocycles. The first-order chi connectivity index (χ1) is 9.57. The van der Waals surface area contributed by atoms with E-state index in [0.29, 0.717) is 0 Å². The van der Waals surface area contributed by atoms with Crippen molar-refractivity contribution < 1.29 is 9.53 Å². The fourth-order valence-electron chi connectivity index (χ4n) is 2.65. The predicted molar refractivity (Wildman–Crippen MR) is 80.7 cm³/mol. The Morgan fingerprint density at radius 3 is 1.95 bits per heavy atom. The lowest BCUT2D eigenvalue weighted by Crippen LogP contribution is -2.33. The summed E-state index contributed by atoms with van der Waals surface area (Å²) in [5.41, 5.74) is 1.77. The Bertz CT molecular complexity index is 558. The molecule has 2 heteroatoms. The minimum absolute atomic E-state index is 0.204. The minimum atomic E-state index is -0.338. The molecule has 0 aromatic heterocycles. The van der Waals surface area contributed by atoms with E-state index >= 15 is 0 Å². The summed E-state index contributed by atoms with van der Waals surface area (Å²) in [5.74, 6) is -0.527. The van der Waals surface area contributed by atoms with Gasteiger partial charge < -0.3 is 4.74 Å². The first kappa shape index (κ1) is 14.3. The number of ether oxygens (including phenoxy) is 1. The molecule has 2 nitrogen and oxygen atoms in total. The van der Waals surface area contributed by atoms with Crippen LogP contribution in [0.1, 0.15) is 30.9 Å². The lowest BCUT2D eigenvalue weighted by Gasteiger charge is -2.33. The van der Waals surface area contributed by atoms with Crippen LogP contribution in [0.15, 0.2) is 60.7 Å². The van der Waals surface area contributed by atoms with Gasteiger partial charge in [-0.3, -0.25) is 4.79 Å². The molecule has 0 fully saturated rings. The van der Waals surface area contributed by atoms with Gasteiger partial charge in [0.05, 0.1) is 13.0 Å². The maximum atomic E-state index is 12.3. The molecule has 20 heavy (non-hydrogen) atoms. The molecule has 0 bridgehead atoms. The first-order valence-electron chi connectivity index (χ1n) is 6.75. The Labute approximate surface area is 120 Å². The van der Waals surface area contributed by atoms with Crippen LogP contribution in [0.4, 0.5) is 0 Å². The maximum Gasteiger partial charge on any atom is 0.314 e. The van der Waals surface area contributed by atoms with Crippen molar-refractivity contribution >= 4 is 5.97 Å². The predicted octanol–water partition coefficient (Wildman–Crippen LogP) is 3.92. The first-order valence-corrected chi connectivity index (χ1v) is 6.75. The molecular formula is C18H20O2. The van der Waals surface area contributed by atoms with Crippen molar-refractivity contribution in [3.8, 4) is 0 Å². The number of benzene rings is 2. The Hall–Kier alpha value is -2.09. The number of esters is 1. The molecule has 0 amide bonds. The number of carbonyl (C=O) groups is 1. The molecule has 2 rings (SSSR count).